The van der Waals surface area contributed by atoms with Crippen LogP contribution in [0.1, 0.15) is 126 Å². The Labute approximate surface area is 446 Å². The summed E-state index contributed by atoms with van der Waals surface area (Å²) >= 11 is 0. The van der Waals surface area contributed by atoms with Gasteiger partial charge in [0.05, 0.1) is 60.9 Å². The van der Waals surface area contributed by atoms with Crippen LogP contribution in [0.2, 0.25) is 0 Å². The Morgan fingerprint density at radius 1 is 0.737 bits per heavy atom. The van der Waals surface area contributed by atoms with Crippen molar-refractivity contribution in [2.45, 2.75) is 260 Å². The Morgan fingerprint density at radius 2 is 1.28 bits per heavy atom. The van der Waals surface area contributed by atoms with Gasteiger partial charge in [0.25, 0.3) is 0 Å². The fraction of sp³-hybridized carbons (Fsp3) is 0.891. The summed E-state index contributed by atoms with van der Waals surface area (Å²) in [6, 6.07) is 0. The molecule has 4 heterocycles. The molecule has 7 fully saturated rings. The van der Waals surface area contributed by atoms with Gasteiger partial charge in [0, 0.05) is 59.0 Å². The molecule has 0 bridgehead atoms. The number of allylic oxidation sites excluding steroid dienone is 1. The molecule has 8 aliphatic rings. The van der Waals surface area contributed by atoms with E-state index in [1.165, 1.54) is 20.1 Å². The van der Waals surface area contributed by atoms with Crippen molar-refractivity contribution in [1.82, 2.24) is 0 Å². The summed E-state index contributed by atoms with van der Waals surface area (Å²) in [6.07, 6.45) is -10.5. The molecule has 4 saturated heterocycles. The van der Waals surface area contributed by atoms with Crippen molar-refractivity contribution in [1.29, 1.82) is 0 Å². The van der Waals surface area contributed by atoms with Crippen molar-refractivity contribution in [3.63, 3.8) is 0 Å². The summed E-state index contributed by atoms with van der Waals surface area (Å²) in [5.41, 5.74) is -3.96. The monoisotopic (exact) mass is 1080 g/mol. The number of fused-ring (bicyclic) bond motifs is 5. The van der Waals surface area contributed by atoms with Crippen molar-refractivity contribution in [3.8, 4) is 0 Å². The molecule has 0 aromatic rings. The van der Waals surface area contributed by atoms with E-state index in [9.17, 15) is 45.3 Å². The van der Waals surface area contributed by atoms with Gasteiger partial charge in [0.15, 0.2) is 25.2 Å². The highest BCUT2D eigenvalue weighted by atomic mass is 16.8. The van der Waals surface area contributed by atoms with Crippen molar-refractivity contribution in [3.05, 3.63) is 23.3 Å². The highest BCUT2D eigenvalue weighted by molar-refractivity contribution is 5.83. The van der Waals surface area contributed by atoms with Gasteiger partial charge >= 0.3 is 5.97 Å². The van der Waals surface area contributed by atoms with Crippen LogP contribution in [-0.2, 0) is 66.4 Å². The summed E-state index contributed by atoms with van der Waals surface area (Å²) in [4.78, 5) is 26.6. The molecule has 0 spiro atoms. The molecule has 25 atom stereocenters. The van der Waals surface area contributed by atoms with Gasteiger partial charge in [0.2, 0.25) is 0 Å². The molecule has 3 saturated carbocycles. The van der Waals surface area contributed by atoms with Crippen LogP contribution in [-0.4, -0.2) is 209 Å². The molecule has 0 radical (unpaired) electrons. The molecule has 21 nitrogen and oxygen atoms in total. The number of ketones is 1. The van der Waals surface area contributed by atoms with Crippen LogP contribution < -0.4 is 0 Å². The number of methoxy groups -OCH3 is 3. The topological polar surface area (TPSA) is 287 Å². The first-order valence-electron chi connectivity index (χ1n) is 27.6. The van der Waals surface area contributed by atoms with Crippen molar-refractivity contribution >= 4 is 11.8 Å². The van der Waals surface area contributed by atoms with Gasteiger partial charge in [-0.1, -0.05) is 38.0 Å². The number of hydrogen-bond acceptors (Lipinski definition) is 21. The fourth-order valence-corrected chi connectivity index (χ4v) is 14.4. The molecular formula is C55H88O21. The van der Waals surface area contributed by atoms with Gasteiger partial charge in [-0.15, -0.1) is 0 Å². The third kappa shape index (κ3) is 11.0. The average Bonchev–Trinajstić information content (AvgIpc) is 3.64. The van der Waals surface area contributed by atoms with Crippen LogP contribution >= 0.6 is 0 Å². The number of carbonyl (C=O) groups is 2. The maximum Gasteiger partial charge on any atom is 0.330 e. The number of Topliss-reactive ketones (excluding diaryl/α,β-unsaturated/α-hetero) is 1. The molecule has 0 aromatic heterocycles. The molecule has 0 unspecified atom stereocenters. The predicted octanol–water partition coefficient (Wildman–Crippen LogP) is 2.41. The van der Waals surface area contributed by atoms with Crippen molar-refractivity contribution < 1.29 is 102 Å². The lowest BCUT2D eigenvalue weighted by Gasteiger charge is -2.66. The van der Waals surface area contributed by atoms with E-state index in [0.29, 0.717) is 32.1 Å². The first-order chi connectivity index (χ1) is 35.9. The van der Waals surface area contributed by atoms with E-state index in [1.54, 1.807) is 21.1 Å². The third-order valence-corrected chi connectivity index (χ3v) is 19.0. The van der Waals surface area contributed by atoms with Crippen LogP contribution in [0, 0.1) is 22.7 Å². The van der Waals surface area contributed by atoms with Gasteiger partial charge in [-0.25, -0.2) is 4.79 Å². The van der Waals surface area contributed by atoms with Crippen LogP contribution in [0.25, 0.3) is 0 Å². The molecule has 4 aliphatic carbocycles. The van der Waals surface area contributed by atoms with Crippen LogP contribution in [0.4, 0.5) is 0 Å². The normalized spacial score (nSPS) is 48.9. The highest BCUT2D eigenvalue weighted by Gasteiger charge is 2.78. The average molecular weight is 1090 g/mol. The minimum absolute atomic E-state index is 0.0514. The summed E-state index contributed by atoms with van der Waals surface area (Å²) in [5.74, 6) is -1.35. The smallest absolute Gasteiger partial charge is 0.330 e. The highest BCUT2D eigenvalue weighted by Crippen LogP contribution is 2.70. The van der Waals surface area contributed by atoms with E-state index in [-0.39, 0.29) is 56.3 Å². The zero-order valence-electron chi connectivity index (χ0n) is 46.2. The van der Waals surface area contributed by atoms with Crippen LogP contribution in [0.5, 0.6) is 0 Å². The van der Waals surface area contributed by atoms with E-state index >= 15 is 0 Å². The Hall–Kier alpha value is -2.10. The molecule has 8 rings (SSSR count). The van der Waals surface area contributed by atoms with Crippen molar-refractivity contribution in [2.24, 2.45) is 22.7 Å². The second kappa shape index (κ2) is 23.8. The molecule has 0 aromatic carbocycles. The molecule has 76 heavy (non-hydrogen) atoms. The molecule has 0 amide bonds. The number of rotatable bonds is 17. The van der Waals surface area contributed by atoms with E-state index in [1.807, 2.05) is 40.7 Å². The maximum atomic E-state index is 13.6. The van der Waals surface area contributed by atoms with Crippen molar-refractivity contribution in [2.75, 3.05) is 27.9 Å². The predicted molar refractivity (Wildman–Crippen MR) is 267 cm³/mol. The zero-order chi connectivity index (χ0) is 55.4. The maximum absolute atomic E-state index is 13.6. The molecule has 7 N–H and O–H groups in total. The lowest BCUT2D eigenvalue weighted by Crippen LogP contribution is -2.77. The first-order valence-corrected chi connectivity index (χ1v) is 27.6. The number of ether oxygens (including phenoxy) is 12. The molecule has 434 valence electrons. The Balaban J connectivity index is 0.878. The third-order valence-electron chi connectivity index (χ3n) is 19.0. The summed E-state index contributed by atoms with van der Waals surface area (Å²) in [5, 5.41) is 78.5. The molecule has 21 heteroatoms. The fourth-order valence-electron chi connectivity index (χ4n) is 14.4. The van der Waals surface area contributed by atoms with Gasteiger partial charge in [-0.2, -0.15) is 0 Å². The van der Waals surface area contributed by atoms with Gasteiger partial charge in [0.1, 0.15) is 65.8 Å². The number of aliphatic hydroxyl groups is 7. The summed E-state index contributed by atoms with van der Waals surface area (Å²) < 4.78 is 74.9. The second-order valence-corrected chi connectivity index (χ2v) is 23.7. The Bertz CT molecular complexity index is 2070. The lowest BCUT2D eigenvalue weighted by atomic mass is 9.42. The van der Waals surface area contributed by atoms with Gasteiger partial charge in [-0.3, -0.25) is 0 Å². The number of esters is 1. The van der Waals surface area contributed by atoms with E-state index in [4.69, 9.17) is 56.8 Å². The van der Waals surface area contributed by atoms with Crippen LogP contribution in [0.3, 0.4) is 0 Å². The second-order valence-electron chi connectivity index (χ2n) is 23.7. The Kier molecular flexibility index (Phi) is 18.8. The minimum Gasteiger partial charge on any atom is -0.458 e. The summed E-state index contributed by atoms with van der Waals surface area (Å²) in [7, 11) is 4.72. The number of carbonyl (C=O) groups excluding carboxylic acids is 2. The SMILES string of the molecule is CO[C@@H]1C[C@H](O[C@H]2CC[C@@]3(C)C(=CC[C@]4(O)[C@@H]3C[C@@H](OC(=O)/C=C(\C)C(C)C)[C@]3(CC(C)=O)[C@@H](O)CC[C@@]34O)C2)O[C@H](C)[C@@H]1O[C@H]1C[C@@H](OC)[C@@H](O[C@H]2C[C@@H](OC)[C@@H](O[C@@H]3O[C@H](CO)[C@@H](O)[C@H](O)[C@H]3O)[C@@H](C)O2)[C@@H](C)O1. The Morgan fingerprint density at radius 3 is 1.79 bits per heavy atom. The molecular weight excluding hydrogens is 997 g/mol. The van der Waals surface area contributed by atoms with Gasteiger partial charge in [-0.05, 0) is 90.9 Å². The number of hydrogen-bond donors (Lipinski definition) is 7. The molecule has 4 aliphatic heterocycles. The quantitative estimate of drug-likeness (QED) is 0.0626. The van der Waals surface area contributed by atoms with E-state index < -0.39 is 157 Å². The van der Waals surface area contributed by atoms with Crippen LogP contribution in [0.15, 0.2) is 23.3 Å². The largest absolute Gasteiger partial charge is 0.458 e. The number of aliphatic hydroxyl groups excluding tert-OH is 5. The van der Waals surface area contributed by atoms with Gasteiger partial charge < -0.3 is 97.4 Å². The standard InChI is InChI=1S/C55H88O21/c1-26(2)27(3)18-41(59)73-40-23-38-52(8)15-13-33(19-32(52)12-16-54(38,63)55(64)17-14-39(58)53(40,55)24-28(4)57)71-42-20-34(65-9)48(29(5)68-42)74-43-21-35(66-10)49(30(6)69-43)75-44-22-36(67-11)50(31(7)70-44)76-51-47(62)46(61)45(60)37(25-56)72-51/h12,18,26,29-31,33-40,42-51,56,58,60-64H,13-17,19-25H2,1-11H3/b27-18+/t29-,30-,31-,33+,34-,35-,36-,37-,38-,39+,40-,42+,43+,44+,45-,46+,47-,48+,49+,50+,51+,52+,53+,54+,55-/m1/s1. The van der Waals surface area contributed by atoms with E-state index in [0.717, 1.165) is 11.1 Å². The van der Waals surface area contributed by atoms with E-state index in [2.05, 4.69) is 6.92 Å². The summed E-state index contributed by atoms with van der Waals surface area (Å²) in [6.45, 7) is 14.2. The first kappa shape index (κ1) is 60.0. The zero-order valence-corrected chi connectivity index (χ0v) is 46.2. The minimum atomic E-state index is -1.92. The lowest BCUT2D eigenvalue weighted by molar-refractivity contribution is -0.357.